The molecule has 0 amide bonds. The van der Waals surface area contributed by atoms with Gasteiger partial charge in [0.15, 0.2) is 0 Å². The summed E-state index contributed by atoms with van der Waals surface area (Å²) in [6.07, 6.45) is 0. The summed E-state index contributed by atoms with van der Waals surface area (Å²) in [5.41, 5.74) is 0.719. The molecule has 0 aliphatic carbocycles. The number of aryl methyl sites for hydroxylation is 1. The van der Waals surface area contributed by atoms with Gasteiger partial charge in [0.1, 0.15) is 11.6 Å². The third-order valence-corrected chi connectivity index (χ3v) is 3.21. The van der Waals surface area contributed by atoms with Crippen molar-refractivity contribution in [2.75, 3.05) is 4.47 Å². The minimum absolute atomic E-state index is 0.274. The van der Waals surface area contributed by atoms with E-state index in [0.717, 1.165) is 22.0 Å². The van der Waals surface area contributed by atoms with Crippen molar-refractivity contribution in [1.82, 2.24) is 5.16 Å². The number of rotatable bonds is 3. The van der Waals surface area contributed by atoms with Crippen LogP contribution in [-0.2, 0) is 0 Å². The summed E-state index contributed by atoms with van der Waals surface area (Å²) < 4.78 is 19.1. The van der Waals surface area contributed by atoms with Crippen LogP contribution in [0.1, 0.15) is 25.2 Å². The third kappa shape index (κ3) is 3.71. The molecular weight excluding hydrogens is 267 g/mol. The van der Waals surface area contributed by atoms with E-state index in [9.17, 15) is 9.60 Å². The highest BCUT2D eigenvalue weighted by atomic mass is 32.2. The molecular formula is C13H17FN2O2S. The van der Waals surface area contributed by atoms with Gasteiger partial charge in [0, 0.05) is 17.5 Å². The van der Waals surface area contributed by atoms with Crippen LogP contribution in [0.25, 0.3) is 0 Å². The summed E-state index contributed by atoms with van der Waals surface area (Å²) in [5.74, 6) is 0.498. The average Bonchev–Trinajstić information content (AvgIpc) is 2.75. The first kappa shape index (κ1) is 15.5. The molecule has 0 aliphatic rings. The fourth-order valence-electron chi connectivity index (χ4n) is 1.24. The molecule has 2 aromatic rings. The lowest BCUT2D eigenvalue weighted by molar-refractivity contribution is 0.316. The van der Waals surface area contributed by atoms with E-state index in [1.54, 1.807) is 32.0 Å². The van der Waals surface area contributed by atoms with Gasteiger partial charge in [0.25, 0.3) is 0 Å². The van der Waals surface area contributed by atoms with E-state index < -0.39 is 5.82 Å². The van der Waals surface area contributed by atoms with Gasteiger partial charge in [-0.1, -0.05) is 31.1 Å². The highest BCUT2D eigenvalue weighted by molar-refractivity contribution is 8.00. The normalized spacial score (nSPS) is 9.79. The molecule has 1 N–H and O–H groups in total. The molecule has 1 aromatic heterocycles. The third-order valence-electron chi connectivity index (χ3n) is 2.34. The summed E-state index contributed by atoms with van der Waals surface area (Å²) in [7, 11) is 0. The lowest BCUT2D eigenvalue weighted by Gasteiger charge is -2.12. The standard InChI is InChI=1S/C11H11FN2O2S.C2H6/c1-7-8(2)16-13-11(7)14(15)17-10-6-4-3-5-9(10)12;1-2/h3-6,15H,1-2H3;1-2H3. The maximum absolute atomic E-state index is 13.4. The molecule has 0 bridgehead atoms. The molecule has 1 aromatic carbocycles. The van der Waals surface area contributed by atoms with Crippen molar-refractivity contribution in [3.8, 4) is 0 Å². The van der Waals surface area contributed by atoms with Crippen LogP contribution < -0.4 is 4.47 Å². The Morgan fingerprint density at radius 3 is 2.42 bits per heavy atom. The lowest BCUT2D eigenvalue weighted by Crippen LogP contribution is -2.09. The van der Waals surface area contributed by atoms with E-state index in [-0.39, 0.29) is 5.82 Å². The first-order chi connectivity index (χ1) is 9.09. The zero-order valence-corrected chi connectivity index (χ0v) is 12.2. The highest BCUT2D eigenvalue weighted by Gasteiger charge is 2.16. The number of benzene rings is 1. The van der Waals surface area contributed by atoms with Crippen LogP contribution in [0, 0.1) is 19.7 Å². The molecule has 0 spiro atoms. The molecule has 0 saturated heterocycles. The van der Waals surface area contributed by atoms with Gasteiger partial charge >= 0.3 is 0 Å². The van der Waals surface area contributed by atoms with Crippen molar-refractivity contribution in [3.63, 3.8) is 0 Å². The topological polar surface area (TPSA) is 49.5 Å². The van der Waals surface area contributed by atoms with Crippen molar-refractivity contribution in [3.05, 3.63) is 41.4 Å². The molecule has 4 nitrogen and oxygen atoms in total. The van der Waals surface area contributed by atoms with Crippen LogP contribution in [0.5, 0.6) is 0 Å². The Labute approximate surface area is 116 Å². The molecule has 0 fully saturated rings. The zero-order chi connectivity index (χ0) is 14.4. The predicted molar refractivity (Wildman–Crippen MR) is 73.8 cm³/mol. The smallest absolute Gasteiger partial charge is 0.210 e. The summed E-state index contributed by atoms with van der Waals surface area (Å²) in [5, 5.41) is 13.5. The van der Waals surface area contributed by atoms with E-state index >= 15 is 0 Å². The number of nitrogens with zero attached hydrogens (tertiary/aromatic N) is 2. The van der Waals surface area contributed by atoms with Gasteiger partial charge in [-0.2, -0.15) is 4.47 Å². The van der Waals surface area contributed by atoms with E-state index in [4.69, 9.17) is 4.52 Å². The van der Waals surface area contributed by atoms with Crippen LogP contribution in [0.4, 0.5) is 10.2 Å². The SMILES string of the molecule is CC.Cc1onc(N(O)Sc2ccccc2F)c1C. The monoisotopic (exact) mass is 284 g/mol. The molecule has 19 heavy (non-hydrogen) atoms. The van der Waals surface area contributed by atoms with Gasteiger partial charge in [0.2, 0.25) is 5.82 Å². The second-order valence-electron chi connectivity index (χ2n) is 3.48. The molecule has 0 saturated carbocycles. The van der Waals surface area contributed by atoms with Crippen molar-refractivity contribution >= 4 is 17.8 Å². The molecule has 1 heterocycles. The Bertz CT molecular complexity index is 531. The second kappa shape index (κ2) is 7.16. The number of anilines is 1. The van der Waals surface area contributed by atoms with E-state index in [0.29, 0.717) is 10.7 Å². The molecule has 104 valence electrons. The van der Waals surface area contributed by atoms with Crippen molar-refractivity contribution < 1.29 is 14.1 Å². The summed E-state index contributed by atoms with van der Waals surface area (Å²) in [4.78, 5) is 0.315. The van der Waals surface area contributed by atoms with Gasteiger partial charge < -0.3 is 4.52 Å². The zero-order valence-electron chi connectivity index (χ0n) is 11.3. The maximum atomic E-state index is 13.4. The number of halogens is 1. The highest BCUT2D eigenvalue weighted by Crippen LogP contribution is 2.30. The largest absolute Gasteiger partial charge is 0.359 e. The van der Waals surface area contributed by atoms with Gasteiger partial charge in [0.05, 0.1) is 4.90 Å². The Kier molecular flexibility index (Phi) is 5.85. The summed E-state index contributed by atoms with van der Waals surface area (Å²) in [6.45, 7) is 7.51. The lowest BCUT2D eigenvalue weighted by atomic mass is 10.3. The Balaban J connectivity index is 0.000000861. The van der Waals surface area contributed by atoms with E-state index in [2.05, 4.69) is 5.16 Å². The van der Waals surface area contributed by atoms with Gasteiger partial charge in [-0.05, 0) is 26.0 Å². The van der Waals surface area contributed by atoms with Crippen molar-refractivity contribution in [2.24, 2.45) is 0 Å². The number of hydrogen-bond acceptors (Lipinski definition) is 5. The number of hydrogen-bond donors (Lipinski definition) is 1. The molecule has 2 rings (SSSR count). The average molecular weight is 284 g/mol. The Hall–Kier alpha value is -1.53. The van der Waals surface area contributed by atoms with Crippen LogP contribution in [-0.4, -0.2) is 10.4 Å². The van der Waals surface area contributed by atoms with Crippen molar-refractivity contribution in [1.29, 1.82) is 0 Å². The fraction of sp³-hybridized carbons (Fsp3) is 0.308. The molecule has 0 radical (unpaired) electrons. The van der Waals surface area contributed by atoms with Gasteiger partial charge in [-0.25, -0.2) is 4.39 Å². The molecule has 0 unspecified atom stereocenters. The van der Waals surface area contributed by atoms with Gasteiger partial charge in [-0.3, -0.25) is 5.21 Å². The first-order valence-electron chi connectivity index (χ1n) is 5.94. The molecule has 0 aliphatic heterocycles. The van der Waals surface area contributed by atoms with Crippen LogP contribution >= 0.6 is 11.9 Å². The van der Waals surface area contributed by atoms with Crippen LogP contribution in [0.15, 0.2) is 33.7 Å². The van der Waals surface area contributed by atoms with Crippen LogP contribution in [0.3, 0.4) is 0 Å². The van der Waals surface area contributed by atoms with Gasteiger partial charge in [-0.15, -0.1) is 0 Å². The first-order valence-corrected chi connectivity index (χ1v) is 6.71. The molecule has 0 atom stereocenters. The minimum Gasteiger partial charge on any atom is -0.359 e. The molecule has 6 heteroatoms. The quantitative estimate of drug-likeness (QED) is 0.670. The fourth-order valence-corrected chi connectivity index (χ4v) is 1.98. The van der Waals surface area contributed by atoms with E-state index in [1.165, 1.54) is 6.07 Å². The Morgan fingerprint density at radius 1 is 1.26 bits per heavy atom. The maximum Gasteiger partial charge on any atom is 0.210 e. The predicted octanol–water partition coefficient (Wildman–Crippen LogP) is 4.36. The minimum atomic E-state index is -0.394. The number of aromatic nitrogens is 1. The summed E-state index contributed by atoms with van der Waals surface area (Å²) in [6, 6.07) is 6.19. The summed E-state index contributed by atoms with van der Waals surface area (Å²) >= 11 is 0.842. The van der Waals surface area contributed by atoms with E-state index in [1.807, 2.05) is 13.8 Å². The second-order valence-corrected chi connectivity index (χ2v) is 4.45. The van der Waals surface area contributed by atoms with Crippen molar-refractivity contribution in [2.45, 2.75) is 32.6 Å². The Morgan fingerprint density at radius 2 is 1.89 bits per heavy atom. The van der Waals surface area contributed by atoms with Crippen LogP contribution in [0.2, 0.25) is 0 Å².